The second-order valence-electron chi connectivity index (χ2n) is 6.23. The van der Waals surface area contributed by atoms with Gasteiger partial charge in [-0.3, -0.25) is 14.4 Å². The Morgan fingerprint density at radius 2 is 1.61 bits per heavy atom. The van der Waals surface area contributed by atoms with E-state index in [0.717, 1.165) is 25.7 Å². The summed E-state index contributed by atoms with van der Waals surface area (Å²) in [4.78, 5) is 42.3. The van der Waals surface area contributed by atoms with Crippen LogP contribution in [0.2, 0.25) is 0 Å². The fourth-order valence-electron chi connectivity index (χ4n) is 3.26. The molecule has 1 fully saturated rings. The van der Waals surface area contributed by atoms with Crippen LogP contribution in [0.15, 0.2) is 27.8 Å². The van der Waals surface area contributed by atoms with Crippen LogP contribution in [0.3, 0.4) is 0 Å². The van der Waals surface area contributed by atoms with Crippen LogP contribution in [0.25, 0.3) is 11.0 Å². The number of aromatic amines is 2. The number of hydrogen-bond acceptors (Lipinski definition) is 3. The molecule has 0 bridgehead atoms. The lowest BCUT2D eigenvalue weighted by atomic mass is 10.1. The largest absolute Gasteiger partial charge is 0.339 e. The molecule has 0 atom stereocenters. The van der Waals surface area contributed by atoms with Crippen molar-refractivity contribution < 1.29 is 4.79 Å². The van der Waals surface area contributed by atoms with E-state index in [9.17, 15) is 14.4 Å². The number of hydrogen-bond donors (Lipinski definition) is 2. The molecule has 0 radical (unpaired) electrons. The zero-order valence-electron chi connectivity index (χ0n) is 13.2. The maximum absolute atomic E-state index is 12.7. The van der Waals surface area contributed by atoms with Gasteiger partial charge in [-0.2, -0.15) is 0 Å². The van der Waals surface area contributed by atoms with Gasteiger partial charge in [-0.25, -0.2) is 0 Å². The first kappa shape index (κ1) is 15.5. The average Bonchev–Trinajstić information content (AvgIpc) is 2.83. The fourth-order valence-corrected chi connectivity index (χ4v) is 3.26. The van der Waals surface area contributed by atoms with Gasteiger partial charge in [-0.05, 0) is 31.0 Å². The standard InChI is InChI=1S/C17H21N3O3/c1-20(12-6-4-2-3-5-7-12)17(23)11-8-9-13-14(10-11)19-16(22)15(21)18-13/h8-10,12H,2-7H2,1H3,(H,18,21)(H,19,22). The molecule has 0 aliphatic heterocycles. The molecule has 1 heterocycles. The first-order valence-electron chi connectivity index (χ1n) is 8.10. The molecule has 1 aromatic heterocycles. The number of rotatable bonds is 2. The van der Waals surface area contributed by atoms with Crippen LogP contribution >= 0.6 is 0 Å². The monoisotopic (exact) mass is 315 g/mol. The molecular formula is C17H21N3O3. The molecule has 0 saturated heterocycles. The zero-order chi connectivity index (χ0) is 16.4. The van der Waals surface area contributed by atoms with Gasteiger partial charge in [0, 0.05) is 18.7 Å². The highest BCUT2D eigenvalue weighted by Gasteiger charge is 2.22. The normalized spacial score (nSPS) is 16.2. The highest BCUT2D eigenvalue weighted by molar-refractivity contribution is 5.97. The van der Waals surface area contributed by atoms with E-state index in [-0.39, 0.29) is 11.9 Å². The van der Waals surface area contributed by atoms with Crippen molar-refractivity contribution in [3.63, 3.8) is 0 Å². The number of nitrogens with one attached hydrogen (secondary N) is 2. The quantitative estimate of drug-likeness (QED) is 0.656. The lowest BCUT2D eigenvalue weighted by Crippen LogP contribution is -2.36. The van der Waals surface area contributed by atoms with E-state index >= 15 is 0 Å². The van der Waals surface area contributed by atoms with Gasteiger partial charge >= 0.3 is 11.1 Å². The summed E-state index contributed by atoms with van der Waals surface area (Å²) >= 11 is 0. The number of benzene rings is 1. The lowest BCUT2D eigenvalue weighted by molar-refractivity contribution is 0.0718. The molecule has 1 amide bonds. The third-order valence-corrected chi connectivity index (χ3v) is 4.66. The highest BCUT2D eigenvalue weighted by Crippen LogP contribution is 2.22. The number of fused-ring (bicyclic) bond motifs is 1. The Labute approximate surface area is 133 Å². The van der Waals surface area contributed by atoms with Gasteiger partial charge in [0.05, 0.1) is 11.0 Å². The van der Waals surface area contributed by atoms with Gasteiger partial charge in [0.1, 0.15) is 0 Å². The van der Waals surface area contributed by atoms with Gasteiger partial charge in [-0.1, -0.05) is 25.7 Å². The molecule has 23 heavy (non-hydrogen) atoms. The Bertz CT molecular complexity index is 829. The van der Waals surface area contributed by atoms with Crippen LogP contribution in [-0.2, 0) is 0 Å². The van der Waals surface area contributed by atoms with Crippen molar-refractivity contribution in [2.24, 2.45) is 0 Å². The third kappa shape index (κ3) is 3.21. The second kappa shape index (κ2) is 6.40. The minimum absolute atomic E-state index is 0.0501. The van der Waals surface area contributed by atoms with E-state index in [1.165, 1.54) is 12.8 Å². The summed E-state index contributed by atoms with van der Waals surface area (Å²) in [6.07, 6.45) is 6.88. The molecule has 6 heteroatoms. The van der Waals surface area contributed by atoms with Crippen molar-refractivity contribution in [2.45, 2.75) is 44.6 Å². The Balaban J connectivity index is 1.89. The van der Waals surface area contributed by atoms with Crippen molar-refractivity contribution in [1.29, 1.82) is 0 Å². The van der Waals surface area contributed by atoms with Crippen molar-refractivity contribution in [3.8, 4) is 0 Å². The van der Waals surface area contributed by atoms with Crippen LogP contribution in [0.5, 0.6) is 0 Å². The first-order valence-corrected chi connectivity index (χ1v) is 8.10. The van der Waals surface area contributed by atoms with E-state index in [4.69, 9.17) is 0 Å². The lowest BCUT2D eigenvalue weighted by Gasteiger charge is -2.27. The van der Waals surface area contributed by atoms with Gasteiger partial charge in [0.25, 0.3) is 5.91 Å². The summed E-state index contributed by atoms with van der Waals surface area (Å²) in [6.45, 7) is 0. The van der Waals surface area contributed by atoms with Crippen molar-refractivity contribution in [1.82, 2.24) is 14.9 Å². The molecule has 1 aliphatic rings. The van der Waals surface area contributed by atoms with Crippen LogP contribution in [0, 0.1) is 0 Å². The topological polar surface area (TPSA) is 86.0 Å². The summed E-state index contributed by atoms with van der Waals surface area (Å²) in [7, 11) is 1.85. The first-order chi connectivity index (χ1) is 11.1. The molecule has 6 nitrogen and oxygen atoms in total. The summed E-state index contributed by atoms with van der Waals surface area (Å²) in [5, 5.41) is 0. The predicted molar refractivity (Wildman–Crippen MR) is 88.8 cm³/mol. The van der Waals surface area contributed by atoms with E-state index in [0.29, 0.717) is 16.6 Å². The smallest absolute Gasteiger partial charge is 0.314 e. The Hall–Kier alpha value is -2.37. The Kier molecular flexibility index (Phi) is 4.32. The summed E-state index contributed by atoms with van der Waals surface area (Å²) < 4.78 is 0. The zero-order valence-corrected chi connectivity index (χ0v) is 13.2. The van der Waals surface area contributed by atoms with E-state index in [1.54, 1.807) is 18.2 Å². The minimum Gasteiger partial charge on any atom is -0.339 e. The van der Waals surface area contributed by atoms with Crippen LogP contribution < -0.4 is 11.1 Å². The number of aromatic nitrogens is 2. The minimum atomic E-state index is -0.709. The number of H-pyrrole nitrogens is 2. The van der Waals surface area contributed by atoms with Crippen LogP contribution in [0.1, 0.15) is 48.9 Å². The molecule has 1 aliphatic carbocycles. The number of amides is 1. The molecule has 1 aromatic carbocycles. The van der Waals surface area contributed by atoms with Gasteiger partial charge in [-0.15, -0.1) is 0 Å². The predicted octanol–water partition coefficient (Wildman–Crippen LogP) is 2.01. The van der Waals surface area contributed by atoms with Gasteiger partial charge in [0.15, 0.2) is 0 Å². The summed E-state index contributed by atoms with van der Waals surface area (Å²) in [5.74, 6) is -0.0501. The Morgan fingerprint density at radius 3 is 2.26 bits per heavy atom. The van der Waals surface area contributed by atoms with E-state index in [1.807, 2.05) is 11.9 Å². The fraction of sp³-hybridized carbons (Fsp3) is 0.471. The molecule has 2 N–H and O–H groups in total. The molecule has 0 unspecified atom stereocenters. The molecular weight excluding hydrogens is 294 g/mol. The van der Waals surface area contributed by atoms with Crippen molar-refractivity contribution in [3.05, 3.63) is 44.5 Å². The number of nitrogens with zero attached hydrogens (tertiary/aromatic N) is 1. The van der Waals surface area contributed by atoms with Crippen LogP contribution in [0.4, 0.5) is 0 Å². The highest BCUT2D eigenvalue weighted by atomic mass is 16.2. The van der Waals surface area contributed by atoms with Crippen LogP contribution in [-0.4, -0.2) is 33.9 Å². The second-order valence-corrected chi connectivity index (χ2v) is 6.23. The van der Waals surface area contributed by atoms with Crippen molar-refractivity contribution >= 4 is 16.9 Å². The summed E-state index contributed by atoms with van der Waals surface area (Å²) in [5.41, 5.74) is 0.108. The molecule has 3 rings (SSSR count). The molecule has 1 saturated carbocycles. The van der Waals surface area contributed by atoms with Crippen molar-refractivity contribution in [2.75, 3.05) is 7.05 Å². The summed E-state index contributed by atoms with van der Waals surface area (Å²) in [6, 6.07) is 5.24. The van der Waals surface area contributed by atoms with E-state index < -0.39 is 11.1 Å². The number of carbonyl (C=O) groups excluding carboxylic acids is 1. The third-order valence-electron chi connectivity index (χ3n) is 4.66. The average molecular weight is 315 g/mol. The maximum Gasteiger partial charge on any atom is 0.314 e. The Morgan fingerprint density at radius 1 is 1.00 bits per heavy atom. The van der Waals surface area contributed by atoms with E-state index in [2.05, 4.69) is 9.97 Å². The molecule has 0 spiro atoms. The SMILES string of the molecule is CN(C(=O)c1ccc2[nH]c(=O)c(=O)[nH]c2c1)C1CCCCCC1. The molecule has 2 aromatic rings. The molecule has 122 valence electrons. The number of carbonyl (C=O) groups is 1. The van der Waals surface area contributed by atoms with Gasteiger partial charge < -0.3 is 14.9 Å². The maximum atomic E-state index is 12.7. The van der Waals surface area contributed by atoms with Gasteiger partial charge in [0.2, 0.25) is 0 Å².